The van der Waals surface area contributed by atoms with E-state index in [1.165, 1.54) is 0 Å². The van der Waals surface area contributed by atoms with E-state index in [0.29, 0.717) is 18.0 Å². The number of thiazole rings is 1. The van der Waals surface area contributed by atoms with Crippen LogP contribution in [0.3, 0.4) is 0 Å². The number of hydrogen-bond donors (Lipinski definition) is 1. The maximum absolute atomic E-state index is 6.06. The second-order valence-corrected chi connectivity index (χ2v) is 7.51. The summed E-state index contributed by atoms with van der Waals surface area (Å²) in [5.41, 5.74) is 10.2. The number of fused-ring (bicyclic) bond motifs is 1. The van der Waals surface area contributed by atoms with E-state index in [1.54, 1.807) is 25.6 Å². The van der Waals surface area contributed by atoms with Crippen molar-refractivity contribution in [2.75, 3.05) is 14.2 Å². The van der Waals surface area contributed by atoms with Crippen molar-refractivity contribution in [1.82, 2.24) is 9.38 Å². The summed E-state index contributed by atoms with van der Waals surface area (Å²) >= 11 is 1.62. The van der Waals surface area contributed by atoms with Crippen molar-refractivity contribution >= 4 is 16.3 Å². The third-order valence-electron chi connectivity index (χ3n) is 4.04. The maximum Gasteiger partial charge on any atom is 0.194 e. The van der Waals surface area contributed by atoms with Crippen molar-refractivity contribution in [1.29, 1.82) is 0 Å². The Bertz CT molecular complexity index is 874. The predicted molar refractivity (Wildman–Crippen MR) is 98.2 cm³/mol. The molecule has 0 aliphatic rings. The zero-order valence-electron chi connectivity index (χ0n) is 14.7. The average Bonchev–Trinajstić information content (AvgIpc) is 3.12. The Hall–Kier alpha value is -2.05. The highest BCUT2D eigenvalue weighted by atomic mass is 32.1. The van der Waals surface area contributed by atoms with Crippen molar-refractivity contribution in [2.45, 2.75) is 32.7 Å². The third-order valence-corrected chi connectivity index (χ3v) is 4.87. The Morgan fingerprint density at radius 1 is 1.17 bits per heavy atom. The highest BCUT2D eigenvalue weighted by Crippen LogP contribution is 2.36. The quantitative estimate of drug-likeness (QED) is 0.780. The zero-order chi connectivity index (χ0) is 17.5. The van der Waals surface area contributed by atoms with E-state index in [2.05, 4.69) is 30.6 Å². The number of nitrogens with two attached hydrogens (primary N) is 1. The molecule has 0 atom stereocenters. The van der Waals surface area contributed by atoms with Crippen LogP contribution in [0.4, 0.5) is 0 Å². The van der Waals surface area contributed by atoms with E-state index in [4.69, 9.17) is 20.2 Å². The van der Waals surface area contributed by atoms with Crippen LogP contribution >= 0.6 is 11.3 Å². The number of rotatable bonds is 4. The first-order chi connectivity index (χ1) is 11.4. The van der Waals surface area contributed by atoms with Crippen molar-refractivity contribution in [2.24, 2.45) is 5.73 Å². The number of methoxy groups -OCH3 is 2. The lowest BCUT2D eigenvalue weighted by atomic mass is 9.90. The van der Waals surface area contributed by atoms with Gasteiger partial charge in [0.05, 0.1) is 31.3 Å². The minimum Gasteiger partial charge on any atom is -0.493 e. The van der Waals surface area contributed by atoms with Crippen molar-refractivity contribution in [3.05, 3.63) is 35.0 Å². The molecule has 24 heavy (non-hydrogen) atoms. The van der Waals surface area contributed by atoms with Gasteiger partial charge in [-0.15, -0.1) is 11.3 Å². The van der Waals surface area contributed by atoms with E-state index in [9.17, 15) is 0 Å². The van der Waals surface area contributed by atoms with Gasteiger partial charge >= 0.3 is 0 Å². The standard InChI is InChI=1S/C18H23N3O2S/c1-18(2,3)16-12(9-19)21-13(10-24-17(21)20-16)11-6-7-14(22-4)15(8-11)23-5/h6-8,10H,9,19H2,1-5H3. The van der Waals surface area contributed by atoms with Gasteiger partial charge < -0.3 is 15.2 Å². The SMILES string of the molecule is COc1ccc(-c2csc3nc(C(C)(C)C)c(CN)n23)cc1OC. The van der Waals surface area contributed by atoms with Crippen LogP contribution in [0.1, 0.15) is 32.2 Å². The summed E-state index contributed by atoms with van der Waals surface area (Å²) in [5, 5.41) is 2.11. The van der Waals surface area contributed by atoms with Crippen LogP contribution < -0.4 is 15.2 Å². The van der Waals surface area contributed by atoms with Crippen LogP contribution in [-0.2, 0) is 12.0 Å². The molecule has 0 bridgehead atoms. The highest BCUT2D eigenvalue weighted by molar-refractivity contribution is 7.15. The van der Waals surface area contributed by atoms with Crippen LogP contribution in [0.5, 0.6) is 11.5 Å². The minimum absolute atomic E-state index is 0.0463. The Morgan fingerprint density at radius 3 is 2.46 bits per heavy atom. The summed E-state index contributed by atoms with van der Waals surface area (Å²) in [5.74, 6) is 1.42. The zero-order valence-corrected chi connectivity index (χ0v) is 15.5. The van der Waals surface area contributed by atoms with Crippen molar-refractivity contribution < 1.29 is 9.47 Å². The van der Waals surface area contributed by atoms with Gasteiger partial charge in [-0.2, -0.15) is 0 Å². The molecule has 128 valence electrons. The van der Waals surface area contributed by atoms with E-state index in [0.717, 1.165) is 27.6 Å². The topological polar surface area (TPSA) is 61.8 Å². The van der Waals surface area contributed by atoms with Crippen LogP contribution in [0.15, 0.2) is 23.6 Å². The molecular formula is C18H23N3O2S. The smallest absolute Gasteiger partial charge is 0.194 e. The first-order valence-electron chi connectivity index (χ1n) is 7.82. The minimum atomic E-state index is -0.0463. The molecular weight excluding hydrogens is 322 g/mol. The number of imidazole rings is 1. The Labute approximate surface area is 146 Å². The van der Waals surface area contributed by atoms with Crippen LogP contribution in [0, 0.1) is 0 Å². The molecule has 0 unspecified atom stereocenters. The van der Waals surface area contributed by atoms with Gasteiger partial charge in [0.15, 0.2) is 16.5 Å². The largest absolute Gasteiger partial charge is 0.493 e. The molecule has 0 spiro atoms. The van der Waals surface area contributed by atoms with E-state index >= 15 is 0 Å². The molecule has 0 amide bonds. The average molecular weight is 345 g/mol. The van der Waals surface area contributed by atoms with Gasteiger partial charge in [0, 0.05) is 22.9 Å². The number of benzene rings is 1. The first-order valence-corrected chi connectivity index (χ1v) is 8.70. The van der Waals surface area contributed by atoms with Gasteiger partial charge in [-0.05, 0) is 18.2 Å². The molecule has 0 saturated carbocycles. The molecule has 0 radical (unpaired) electrons. The number of aromatic nitrogens is 2. The molecule has 0 aliphatic heterocycles. The van der Waals surface area contributed by atoms with Gasteiger partial charge in [0.2, 0.25) is 0 Å². The fourth-order valence-corrected chi connectivity index (χ4v) is 3.82. The van der Waals surface area contributed by atoms with Crippen LogP contribution in [0.25, 0.3) is 16.2 Å². The third kappa shape index (κ3) is 2.65. The van der Waals surface area contributed by atoms with Gasteiger partial charge in [-0.25, -0.2) is 4.98 Å². The summed E-state index contributed by atoms with van der Waals surface area (Å²) in [6.45, 7) is 6.93. The van der Waals surface area contributed by atoms with Gasteiger partial charge in [-0.3, -0.25) is 4.40 Å². The summed E-state index contributed by atoms with van der Waals surface area (Å²) < 4.78 is 12.9. The number of ether oxygens (including phenoxy) is 2. The monoisotopic (exact) mass is 345 g/mol. The van der Waals surface area contributed by atoms with Gasteiger partial charge in [0.1, 0.15) is 0 Å². The Morgan fingerprint density at radius 2 is 1.88 bits per heavy atom. The summed E-state index contributed by atoms with van der Waals surface area (Å²) in [4.78, 5) is 5.79. The molecule has 2 N–H and O–H groups in total. The second-order valence-electron chi connectivity index (χ2n) is 6.67. The van der Waals surface area contributed by atoms with Gasteiger partial charge in [0.25, 0.3) is 0 Å². The lowest BCUT2D eigenvalue weighted by Gasteiger charge is -2.17. The molecule has 0 aliphatic carbocycles. The second kappa shape index (κ2) is 6.11. The molecule has 2 aromatic heterocycles. The first kappa shape index (κ1) is 16.8. The highest BCUT2D eigenvalue weighted by Gasteiger charge is 2.25. The predicted octanol–water partition coefficient (Wildman–Crippen LogP) is 3.84. The summed E-state index contributed by atoms with van der Waals surface area (Å²) in [6.07, 6.45) is 0. The molecule has 6 heteroatoms. The molecule has 3 aromatic rings. The Kier molecular flexibility index (Phi) is 4.27. The lowest BCUT2D eigenvalue weighted by Crippen LogP contribution is -2.17. The van der Waals surface area contributed by atoms with E-state index < -0.39 is 0 Å². The molecule has 0 fully saturated rings. The maximum atomic E-state index is 6.06. The molecule has 5 nitrogen and oxygen atoms in total. The normalized spacial score (nSPS) is 11.9. The van der Waals surface area contributed by atoms with Gasteiger partial charge in [-0.1, -0.05) is 20.8 Å². The van der Waals surface area contributed by atoms with E-state index in [-0.39, 0.29) is 5.41 Å². The number of hydrogen-bond acceptors (Lipinski definition) is 5. The number of nitrogens with zero attached hydrogens (tertiary/aromatic N) is 2. The van der Waals surface area contributed by atoms with Crippen LogP contribution in [-0.4, -0.2) is 23.6 Å². The summed E-state index contributed by atoms with van der Waals surface area (Å²) in [7, 11) is 3.28. The van der Waals surface area contributed by atoms with Crippen LogP contribution in [0.2, 0.25) is 0 Å². The Balaban J connectivity index is 2.22. The molecule has 3 rings (SSSR count). The summed E-state index contributed by atoms with van der Waals surface area (Å²) in [6, 6.07) is 5.93. The van der Waals surface area contributed by atoms with Crippen molar-refractivity contribution in [3.63, 3.8) is 0 Å². The lowest BCUT2D eigenvalue weighted by molar-refractivity contribution is 0.355. The molecule has 1 aromatic carbocycles. The molecule has 0 saturated heterocycles. The fraction of sp³-hybridized carbons (Fsp3) is 0.389. The molecule has 2 heterocycles. The van der Waals surface area contributed by atoms with E-state index in [1.807, 2.05) is 18.2 Å². The van der Waals surface area contributed by atoms with Crippen molar-refractivity contribution in [3.8, 4) is 22.8 Å². The fourth-order valence-electron chi connectivity index (χ4n) is 2.90.